The van der Waals surface area contributed by atoms with Crippen LogP contribution in [0.3, 0.4) is 0 Å². The van der Waals surface area contributed by atoms with Gasteiger partial charge in [0.2, 0.25) is 12.8 Å². The van der Waals surface area contributed by atoms with E-state index in [-0.39, 0.29) is 83.3 Å². The molecule has 0 bridgehead atoms. The second-order valence-corrected chi connectivity index (χ2v) is 12.1. The topological polar surface area (TPSA) is 263 Å². The van der Waals surface area contributed by atoms with Crippen molar-refractivity contribution in [1.82, 2.24) is 9.80 Å². The van der Waals surface area contributed by atoms with Gasteiger partial charge in [0.15, 0.2) is 0 Å². The van der Waals surface area contributed by atoms with Crippen molar-refractivity contribution in [3.05, 3.63) is 119 Å². The van der Waals surface area contributed by atoms with E-state index in [4.69, 9.17) is 19.8 Å². The molecule has 0 saturated carbocycles. The minimum atomic E-state index is -1.08. The summed E-state index contributed by atoms with van der Waals surface area (Å²) < 4.78 is 0. The molecular weight excluding hydrogens is 1000 g/mol. The number of aliphatic carboxylic acids is 2. The number of hydrogen-bond donors (Lipinski definition) is 0. The SMILES string of the molecule is CC(=O)[O-].CC(=O)[O-].CN(C)C=O.CN(C)C=O.[Cd+2].[Ni+2].[Ni+2].[O-]c1ccccc1C=NCCCN=Cc1ccccc1[O-].[O-]c1ccccc1C=NCCCN=Cc1ccccc1[O-]. The maximum Gasteiger partial charge on any atom is 2.00 e. The van der Waals surface area contributed by atoms with E-state index < -0.39 is 11.9 Å². The van der Waals surface area contributed by atoms with Crippen LogP contribution in [0.2, 0.25) is 0 Å². The second-order valence-electron chi connectivity index (χ2n) is 12.1. The second kappa shape index (κ2) is 44.6. The summed E-state index contributed by atoms with van der Waals surface area (Å²) in [5.41, 5.74) is 2.39. The molecule has 2 amide bonds. The standard InChI is InChI=1S/2C17H18N2O2.2C3H7NO.2C2H4O2.Cd.2Ni/c2*20-16-8-3-1-6-14(16)12-18-10-5-11-19-13-15-7-2-4-9-17(15)21;2*1-4(2)3-5;2*1-2(3)4;;;/h2*1-4,6-9,12-13,20-21H,5,10-11H2;2*3H,1-2H3;2*1H3,(H,3,4);;;/q;;;;;;3*+2/p-6. The van der Waals surface area contributed by atoms with Crippen molar-refractivity contribution < 1.29 is 110 Å². The molecule has 16 nitrogen and oxygen atoms in total. The smallest absolute Gasteiger partial charge is 0.872 e. The zero-order chi connectivity index (χ0) is 45.6. The number of rotatable bonds is 14. The molecule has 0 aliphatic carbocycles. The van der Waals surface area contributed by atoms with E-state index in [0.717, 1.165) is 39.5 Å². The van der Waals surface area contributed by atoms with Crippen LogP contribution in [-0.2, 0) is 79.5 Å². The Balaban J connectivity index is -0.000000249. The van der Waals surface area contributed by atoms with Gasteiger partial charge in [-0.2, -0.15) is 0 Å². The predicted molar refractivity (Wildman–Crippen MR) is 223 cm³/mol. The maximum atomic E-state index is 11.4. The number of para-hydroxylation sites is 4. The fraction of sp³-hybridized carbons (Fsp3) is 0.273. The van der Waals surface area contributed by atoms with Crippen LogP contribution in [0.25, 0.3) is 0 Å². The van der Waals surface area contributed by atoms with Crippen molar-refractivity contribution in [2.45, 2.75) is 26.7 Å². The van der Waals surface area contributed by atoms with Crippen molar-refractivity contribution in [2.75, 3.05) is 54.4 Å². The van der Waals surface area contributed by atoms with Gasteiger partial charge in [-0.15, -0.1) is 23.0 Å². The van der Waals surface area contributed by atoms with Gasteiger partial charge in [-0.25, -0.2) is 0 Å². The predicted octanol–water partition coefficient (Wildman–Crippen LogP) is 0.438. The summed E-state index contributed by atoms with van der Waals surface area (Å²) >= 11 is 0. The number of benzene rings is 4. The average molecular weight is 1050 g/mol. The van der Waals surface area contributed by atoms with Crippen LogP contribution in [0, 0.1) is 0 Å². The number of hydrogen-bond acceptors (Lipinski definition) is 14. The van der Waals surface area contributed by atoms with Crippen LogP contribution < -0.4 is 30.6 Å². The fourth-order valence-corrected chi connectivity index (χ4v) is 3.51. The first kappa shape index (κ1) is 66.6. The summed E-state index contributed by atoms with van der Waals surface area (Å²) in [6.07, 6.45) is 9.43. The molecule has 19 heteroatoms. The number of aliphatic imine (C=N–C) groups is 4. The van der Waals surface area contributed by atoms with Crippen LogP contribution in [0.15, 0.2) is 117 Å². The van der Waals surface area contributed by atoms with Crippen molar-refractivity contribution in [2.24, 2.45) is 20.0 Å². The Kier molecular flexibility index (Phi) is 47.2. The molecular formula is C44H52CdN6Ni2O10. The Hall–Kier alpha value is -5.45. The number of amides is 2. The molecule has 0 radical (unpaired) electrons. The van der Waals surface area contributed by atoms with Gasteiger partial charge in [0.25, 0.3) is 0 Å². The van der Waals surface area contributed by atoms with Crippen molar-refractivity contribution in [3.8, 4) is 23.0 Å². The third-order valence-electron chi connectivity index (χ3n) is 6.17. The number of carboxylic acids is 2. The fourth-order valence-electron chi connectivity index (χ4n) is 3.51. The Bertz CT molecular complexity index is 1680. The van der Waals surface area contributed by atoms with E-state index in [1.807, 2.05) is 24.3 Å². The van der Waals surface area contributed by atoms with Gasteiger partial charge in [-0.3, -0.25) is 29.6 Å². The van der Waals surface area contributed by atoms with Gasteiger partial charge in [0.1, 0.15) is 0 Å². The molecule has 0 N–H and O–H groups in total. The van der Waals surface area contributed by atoms with E-state index in [1.54, 1.807) is 102 Å². The Morgan fingerprint density at radius 1 is 0.460 bits per heavy atom. The summed E-state index contributed by atoms with van der Waals surface area (Å²) in [6.45, 7) is 4.35. The number of carbonyl (C=O) groups is 4. The zero-order valence-electron chi connectivity index (χ0n) is 36.0. The number of carbonyl (C=O) groups excluding carboxylic acids is 4. The molecule has 4 rings (SSSR count). The molecule has 4 aromatic rings. The van der Waals surface area contributed by atoms with Gasteiger partial charge in [-0.05, 0) is 48.9 Å². The maximum absolute atomic E-state index is 11.4. The molecule has 0 unspecified atom stereocenters. The Morgan fingerprint density at radius 2 is 0.619 bits per heavy atom. The molecule has 63 heavy (non-hydrogen) atoms. The van der Waals surface area contributed by atoms with Crippen molar-refractivity contribution >= 4 is 49.6 Å². The summed E-state index contributed by atoms with van der Waals surface area (Å²) in [5, 5.41) is 63.5. The van der Waals surface area contributed by atoms with Gasteiger partial charge >= 0.3 is 60.3 Å². The largest absolute Gasteiger partial charge is 2.00 e. The molecule has 340 valence electrons. The normalized spacial score (nSPS) is 9.49. The first-order valence-corrected chi connectivity index (χ1v) is 18.2. The minimum Gasteiger partial charge on any atom is -0.872 e. The molecule has 0 atom stereocenters. The molecule has 0 fully saturated rings. The summed E-state index contributed by atoms with van der Waals surface area (Å²) in [7, 11) is 6.75. The van der Waals surface area contributed by atoms with E-state index >= 15 is 0 Å². The summed E-state index contributed by atoms with van der Waals surface area (Å²) in [5.74, 6) is -2.25. The average Bonchev–Trinajstić information content (AvgIpc) is 3.20. The molecule has 0 aliphatic heterocycles. The van der Waals surface area contributed by atoms with E-state index in [2.05, 4.69) is 20.0 Å². The monoisotopic (exact) mass is 1050 g/mol. The molecule has 0 aromatic heterocycles. The van der Waals surface area contributed by atoms with Crippen LogP contribution in [0.1, 0.15) is 48.9 Å². The van der Waals surface area contributed by atoms with E-state index in [9.17, 15) is 30.0 Å². The van der Waals surface area contributed by atoms with E-state index in [1.165, 1.54) is 34.1 Å². The number of nitrogens with zero attached hydrogens (tertiary/aromatic N) is 6. The van der Waals surface area contributed by atoms with Crippen LogP contribution >= 0.6 is 0 Å². The van der Waals surface area contributed by atoms with Gasteiger partial charge in [0, 0.05) is 91.2 Å². The van der Waals surface area contributed by atoms with E-state index in [0.29, 0.717) is 48.4 Å². The molecule has 0 aliphatic rings. The van der Waals surface area contributed by atoms with Gasteiger partial charge in [-0.1, -0.05) is 97.1 Å². The minimum absolute atomic E-state index is 0. The van der Waals surface area contributed by atoms with Crippen LogP contribution in [-0.4, -0.2) is 114 Å². The first-order chi connectivity index (χ1) is 28.5. The zero-order valence-corrected chi connectivity index (χ0v) is 42.1. The first-order valence-electron chi connectivity index (χ1n) is 18.2. The quantitative estimate of drug-likeness (QED) is 0.0728. The summed E-state index contributed by atoms with van der Waals surface area (Å²) in [4.78, 5) is 56.3. The molecule has 0 spiro atoms. The molecule has 0 saturated heterocycles. The van der Waals surface area contributed by atoms with Gasteiger partial charge in [0.05, 0.1) is 0 Å². The van der Waals surface area contributed by atoms with Crippen LogP contribution in [0.5, 0.6) is 23.0 Å². The van der Waals surface area contributed by atoms with Crippen molar-refractivity contribution in [1.29, 1.82) is 0 Å². The van der Waals surface area contributed by atoms with Gasteiger partial charge < -0.3 is 50.0 Å². The summed E-state index contributed by atoms with van der Waals surface area (Å²) in [6, 6.07) is 27.2. The third-order valence-corrected chi connectivity index (χ3v) is 6.17. The Labute approximate surface area is 410 Å². The van der Waals surface area contributed by atoms with Crippen molar-refractivity contribution in [3.63, 3.8) is 0 Å². The molecule has 4 aromatic carbocycles. The molecule has 0 heterocycles. The Morgan fingerprint density at radius 3 is 0.762 bits per heavy atom. The number of carboxylic acid groups (broad SMARTS) is 2. The van der Waals surface area contributed by atoms with Crippen LogP contribution in [0.4, 0.5) is 0 Å². The third kappa shape index (κ3) is 43.0.